The maximum Gasteiger partial charge on any atom is 0.331 e. The Kier molecular flexibility index (Phi) is 3.71. The summed E-state index contributed by atoms with van der Waals surface area (Å²) in [4.78, 5) is 36.7. The Morgan fingerprint density at radius 3 is 2.76 bits per heavy atom. The van der Waals surface area contributed by atoms with Gasteiger partial charge in [-0.3, -0.25) is 19.8 Å². The van der Waals surface area contributed by atoms with Gasteiger partial charge in [0.2, 0.25) is 11.8 Å². The molecule has 2 heterocycles. The molecule has 2 atom stereocenters. The number of imide groups is 2. The summed E-state index contributed by atoms with van der Waals surface area (Å²) < 4.78 is 0. The Hall–Kier alpha value is -1.04. The minimum Gasteiger partial charge on any atom is -0.277 e. The third-order valence-electron chi connectivity index (χ3n) is 3.15. The highest BCUT2D eigenvalue weighted by Crippen LogP contribution is 2.26. The van der Waals surface area contributed by atoms with Gasteiger partial charge in [-0.2, -0.15) is 11.8 Å². The van der Waals surface area contributed by atoms with Crippen molar-refractivity contribution >= 4 is 29.6 Å². The molecule has 0 aromatic heterocycles. The quantitative estimate of drug-likeness (QED) is 0.765. The number of thioether (sulfide) groups is 1. The molecule has 0 bridgehead atoms. The first-order chi connectivity index (χ1) is 8.15. The standard InChI is InChI=1S/C11H16N2O3S/c1-2-3-8-9(14)12-11(16)13(10(8)15)7-4-5-17-6-7/h7-8H,2-6H2,1H3,(H,12,14,16). The van der Waals surface area contributed by atoms with E-state index < -0.39 is 17.9 Å². The molecule has 94 valence electrons. The van der Waals surface area contributed by atoms with Gasteiger partial charge >= 0.3 is 6.03 Å². The van der Waals surface area contributed by atoms with Crippen molar-refractivity contribution in [2.24, 2.45) is 5.92 Å². The summed E-state index contributed by atoms with van der Waals surface area (Å²) >= 11 is 1.74. The number of hydrogen-bond acceptors (Lipinski definition) is 4. The summed E-state index contributed by atoms with van der Waals surface area (Å²) in [6.45, 7) is 1.92. The Labute approximate surface area is 104 Å². The van der Waals surface area contributed by atoms with Crippen LogP contribution >= 0.6 is 11.8 Å². The van der Waals surface area contributed by atoms with Crippen molar-refractivity contribution in [3.8, 4) is 0 Å². The average Bonchev–Trinajstić information content (AvgIpc) is 2.77. The number of barbiturate groups is 1. The Morgan fingerprint density at radius 2 is 2.18 bits per heavy atom. The van der Waals surface area contributed by atoms with Gasteiger partial charge in [-0.25, -0.2) is 4.79 Å². The first-order valence-corrected chi connectivity index (χ1v) is 7.06. The molecule has 2 aliphatic heterocycles. The Balaban J connectivity index is 2.16. The number of amides is 4. The van der Waals surface area contributed by atoms with Crippen LogP contribution in [-0.4, -0.2) is 40.3 Å². The van der Waals surface area contributed by atoms with Gasteiger partial charge in [0, 0.05) is 5.75 Å². The summed E-state index contributed by atoms with van der Waals surface area (Å²) in [5.74, 6) is 0.320. The normalized spacial score (nSPS) is 29.7. The van der Waals surface area contributed by atoms with Crippen molar-refractivity contribution in [1.82, 2.24) is 10.2 Å². The molecule has 6 heteroatoms. The monoisotopic (exact) mass is 256 g/mol. The fourth-order valence-corrected chi connectivity index (χ4v) is 3.44. The number of carbonyl (C=O) groups excluding carboxylic acids is 3. The number of nitrogens with one attached hydrogen (secondary N) is 1. The van der Waals surface area contributed by atoms with Gasteiger partial charge in [0.25, 0.3) is 0 Å². The third-order valence-corrected chi connectivity index (χ3v) is 4.29. The fraction of sp³-hybridized carbons (Fsp3) is 0.727. The van der Waals surface area contributed by atoms with Gasteiger partial charge in [-0.05, 0) is 18.6 Å². The molecule has 0 spiro atoms. The zero-order valence-electron chi connectivity index (χ0n) is 9.77. The molecule has 5 nitrogen and oxygen atoms in total. The molecule has 17 heavy (non-hydrogen) atoms. The zero-order chi connectivity index (χ0) is 12.4. The molecule has 2 rings (SSSR count). The van der Waals surface area contributed by atoms with Crippen molar-refractivity contribution in [3.63, 3.8) is 0 Å². The second kappa shape index (κ2) is 5.08. The first kappa shape index (κ1) is 12.4. The largest absolute Gasteiger partial charge is 0.331 e. The second-order valence-electron chi connectivity index (χ2n) is 4.36. The number of nitrogens with zero attached hydrogens (tertiary/aromatic N) is 1. The summed E-state index contributed by atoms with van der Waals surface area (Å²) in [6.07, 6.45) is 2.09. The van der Waals surface area contributed by atoms with E-state index in [0.29, 0.717) is 6.42 Å². The number of urea groups is 1. The molecule has 0 aromatic rings. The van der Waals surface area contributed by atoms with Gasteiger partial charge in [-0.15, -0.1) is 0 Å². The minimum absolute atomic E-state index is 0.0417. The summed E-state index contributed by atoms with van der Waals surface area (Å²) in [7, 11) is 0. The zero-order valence-corrected chi connectivity index (χ0v) is 10.6. The summed E-state index contributed by atoms with van der Waals surface area (Å²) in [5.41, 5.74) is 0. The summed E-state index contributed by atoms with van der Waals surface area (Å²) in [6, 6.07) is -0.584. The highest BCUT2D eigenvalue weighted by atomic mass is 32.2. The van der Waals surface area contributed by atoms with Crippen LogP contribution in [0.15, 0.2) is 0 Å². The molecule has 0 saturated carbocycles. The molecule has 0 aromatic carbocycles. The van der Waals surface area contributed by atoms with E-state index in [-0.39, 0.29) is 11.9 Å². The number of carbonyl (C=O) groups is 3. The van der Waals surface area contributed by atoms with E-state index in [1.54, 1.807) is 11.8 Å². The smallest absolute Gasteiger partial charge is 0.277 e. The molecule has 4 amide bonds. The van der Waals surface area contributed by atoms with Crippen LogP contribution in [0.3, 0.4) is 0 Å². The third kappa shape index (κ3) is 2.31. The number of rotatable bonds is 3. The Bertz CT molecular complexity index is 353. The lowest BCUT2D eigenvalue weighted by atomic mass is 9.98. The van der Waals surface area contributed by atoms with Crippen molar-refractivity contribution in [3.05, 3.63) is 0 Å². The van der Waals surface area contributed by atoms with Crippen molar-refractivity contribution in [1.29, 1.82) is 0 Å². The SMILES string of the molecule is CCCC1C(=O)NC(=O)N(C2CCSC2)C1=O. The van der Waals surface area contributed by atoms with Crippen LogP contribution in [0.4, 0.5) is 4.79 Å². The lowest BCUT2D eigenvalue weighted by molar-refractivity contribution is -0.144. The number of hydrogen-bond donors (Lipinski definition) is 1. The van der Waals surface area contributed by atoms with Gasteiger partial charge in [0.15, 0.2) is 0 Å². The Morgan fingerprint density at radius 1 is 1.41 bits per heavy atom. The van der Waals surface area contributed by atoms with Crippen LogP contribution in [0, 0.1) is 5.92 Å². The molecule has 2 saturated heterocycles. The molecule has 1 N–H and O–H groups in total. The van der Waals surface area contributed by atoms with Gasteiger partial charge in [-0.1, -0.05) is 13.3 Å². The van der Waals surface area contributed by atoms with Gasteiger partial charge < -0.3 is 0 Å². The maximum absolute atomic E-state index is 12.2. The molecule has 0 radical (unpaired) electrons. The van der Waals surface area contributed by atoms with E-state index in [4.69, 9.17) is 0 Å². The van der Waals surface area contributed by atoms with Crippen LogP contribution in [0.2, 0.25) is 0 Å². The van der Waals surface area contributed by atoms with E-state index in [0.717, 1.165) is 24.3 Å². The molecule has 2 unspecified atom stereocenters. The topological polar surface area (TPSA) is 66.5 Å². The highest BCUT2D eigenvalue weighted by molar-refractivity contribution is 7.99. The lowest BCUT2D eigenvalue weighted by Crippen LogP contribution is -2.60. The second-order valence-corrected chi connectivity index (χ2v) is 5.51. The van der Waals surface area contributed by atoms with E-state index in [2.05, 4.69) is 5.32 Å². The molecule has 0 aliphatic carbocycles. The average molecular weight is 256 g/mol. The van der Waals surface area contributed by atoms with Crippen LogP contribution in [0.5, 0.6) is 0 Å². The van der Waals surface area contributed by atoms with E-state index in [9.17, 15) is 14.4 Å². The van der Waals surface area contributed by atoms with Crippen LogP contribution < -0.4 is 5.32 Å². The van der Waals surface area contributed by atoms with E-state index >= 15 is 0 Å². The van der Waals surface area contributed by atoms with Gasteiger partial charge in [0.1, 0.15) is 5.92 Å². The van der Waals surface area contributed by atoms with Crippen LogP contribution in [-0.2, 0) is 9.59 Å². The fourth-order valence-electron chi connectivity index (χ4n) is 2.25. The molecule has 2 aliphatic rings. The lowest BCUT2D eigenvalue weighted by Gasteiger charge is -2.33. The van der Waals surface area contributed by atoms with E-state index in [1.807, 2.05) is 6.92 Å². The highest BCUT2D eigenvalue weighted by Gasteiger charge is 2.43. The van der Waals surface area contributed by atoms with Gasteiger partial charge in [0.05, 0.1) is 6.04 Å². The molecular weight excluding hydrogens is 240 g/mol. The van der Waals surface area contributed by atoms with Crippen molar-refractivity contribution in [2.75, 3.05) is 11.5 Å². The maximum atomic E-state index is 12.2. The molecule has 2 fully saturated rings. The van der Waals surface area contributed by atoms with Crippen molar-refractivity contribution in [2.45, 2.75) is 32.2 Å². The first-order valence-electron chi connectivity index (χ1n) is 5.90. The predicted octanol–water partition coefficient (Wildman–Crippen LogP) is 0.987. The van der Waals surface area contributed by atoms with Crippen LogP contribution in [0.1, 0.15) is 26.2 Å². The van der Waals surface area contributed by atoms with Crippen LogP contribution in [0.25, 0.3) is 0 Å². The molecular formula is C11H16N2O3S. The van der Waals surface area contributed by atoms with E-state index in [1.165, 1.54) is 4.90 Å². The summed E-state index contributed by atoms with van der Waals surface area (Å²) in [5, 5.41) is 2.29. The predicted molar refractivity (Wildman–Crippen MR) is 64.5 cm³/mol. The minimum atomic E-state index is -0.678. The van der Waals surface area contributed by atoms with Crippen molar-refractivity contribution < 1.29 is 14.4 Å².